The van der Waals surface area contributed by atoms with Crippen LogP contribution in [0, 0.1) is 52.3 Å². The first-order valence-corrected chi connectivity index (χ1v) is 13.9. The molecular formula is C28H50O6. The molecule has 0 aliphatic heterocycles. The molecule has 0 aromatic heterocycles. The second kappa shape index (κ2) is 9.25. The van der Waals surface area contributed by atoms with E-state index in [9.17, 15) is 30.6 Å². The van der Waals surface area contributed by atoms with Crippen LogP contribution in [0.1, 0.15) is 86.0 Å². The van der Waals surface area contributed by atoms with Crippen molar-refractivity contribution < 1.29 is 30.6 Å². The fourth-order valence-corrected chi connectivity index (χ4v) is 9.68. The van der Waals surface area contributed by atoms with E-state index in [0.29, 0.717) is 18.8 Å². The molecule has 4 aliphatic rings. The summed E-state index contributed by atoms with van der Waals surface area (Å²) in [6, 6.07) is 0. The van der Waals surface area contributed by atoms with Crippen LogP contribution in [0.15, 0.2) is 0 Å². The van der Waals surface area contributed by atoms with E-state index >= 15 is 0 Å². The van der Waals surface area contributed by atoms with Gasteiger partial charge in [-0.25, -0.2) is 0 Å². The third-order valence-corrected chi connectivity index (χ3v) is 11.8. The SMILES string of the molecule is C[C@H](CC[C@@H](C)[C@H](C)CO)[C@H]1[C@@H](O)[C@@H](O)[C@@H]2[C@]1(C)CC[C@@H]1[C@@]3(C)CC[C@H](O)C[C@@H]3[C@@H](O)C[C@]12O. The second-order valence-electron chi connectivity index (χ2n) is 13.6. The molecule has 4 fully saturated rings. The molecule has 6 N–H and O–H groups in total. The maximum Gasteiger partial charge on any atom is 0.0863 e. The highest BCUT2D eigenvalue weighted by molar-refractivity contribution is 5.21. The van der Waals surface area contributed by atoms with Crippen molar-refractivity contribution in [2.24, 2.45) is 52.3 Å². The summed E-state index contributed by atoms with van der Waals surface area (Å²) in [5, 5.41) is 66.1. The Balaban J connectivity index is 1.61. The van der Waals surface area contributed by atoms with E-state index in [1.54, 1.807) is 0 Å². The quantitative estimate of drug-likeness (QED) is 0.346. The summed E-state index contributed by atoms with van der Waals surface area (Å²) in [6.45, 7) is 10.9. The third kappa shape index (κ3) is 3.90. The first-order valence-electron chi connectivity index (χ1n) is 13.9. The van der Waals surface area contributed by atoms with Crippen LogP contribution in [0.25, 0.3) is 0 Å². The standard InChI is InChI=1S/C28H50O6/c1-15(17(3)14-29)6-7-16(2)22-23(32)24(33)25-27(22,5)11-9-21-26(4)10-8-18(30)12-19(26)20(31)13-28(21,25)34/h15-25,29-34H,6-14H2,1-5H3/t15-,16-,17-,18+,19-,20+,21-,22+,23-,24-,25-,26+,27-,28+/m1/s1. The smallest absolute Gasteiger partial charge is 0.0863 e. The van der Waals surface area contributed by atoms with Gasteiger partial charge in [0, 0.05) is 18.9 Å². The molecule has 4 rings (SSSR count). The first kappa shape index (κ1) is 26.8. The van der Waals surface area contributed by atoms with E-state index in [4.69, 9.17) is 0 Å². The molecule has 0 aromatic carbocycles. The fourth-order valence-electron chi connectivity index (χ4n) is 9.68. The maximum absolute atomic E-state index is 12.4. The Kier molecular flexibility index (Phi) is 7.30. The molecule has 198 valence electrons. The van der Waals surface area contributed by atoms with Gasteiger partial charge in [-0.2, -0.15) is 0 Å². The lowest BCUT2D eigenvalue weighted by Crippen LogP contribution is -2.68. The molecule has 0 unspecified atom stereocenters. The molecule has 0 heterocycles. The summed E-state index contributed by atoms with van der Waals surface area (Å²) in [7, 11) is 0. The summed E-state index contributed by atoms with van der Waals surface area (Å²) in [6.07, 6.45) is 2.74. The van der Waals surface area contributed by atoms with Crippen molar-refractivity contribution in [1.29, 1.82) is 0 Å². The van der Waals surface area contributed by atoms with Crippen molar-refractivity contribution in [3.63, 3.8) is 0 Å². The van der Waals surface area contributed by atoms with Gasteiger partial charge in [-0.05, 0) is 78.4 Å². The van der Waals surface area contributed by atoms with Gasteiger partial charge in [-0.15, -0.1) is 0 Å². The van der Waals surface area contributed by atoms with E-state index in [1.807, 2.05) is 0 Å². The van der Waals surface area contributed by atoms with Crippen LogP contribution in [-0.2, 0) is 0 Å². The van der Waals surface area contributed by atoms with Gasteiger partial charge in [0.1, 0.15) is 0 Å². The van der Waals surface area contributed by atoms with Crippen LogP contribution in [0.3, 0.4) is 0 Å². The molecule has 0 amide bonds. The van der Waals surface area contributed by atoms with Crippen molar-refractivity contribution in [2.75, 3.05) is 6.61 Å². The number of aliphatic hydroxyl groups excluding tert-OH is 5. The minimum absolute atomic E-state index is 0.0425. The Bertz CT molecular complexity index is 732. The zero-order valence-corrected chi connectivity index (χ0v) is 21.9. The van der Waals surface area contributed by atoms with Gasteiger partial charge in [-0.3, -0.25) is 0 Å². The molecule has 4 saturated carbocycles. The average Bonchev–Trinajstić information content (AvgIpc) is 2.98. The van der Waals surface area contributed by atoms with Gasteiger partial charge in [-0.1, -0.05) is 47.5 Å². The van der Waals surface area contributed by atoms with Crippen molar-refractivity contribution in [3.8, 4) is 0 Å². The Labute approximate surface area is 205 Å². The first-order chi connectivity index (χ1) is 15.8. The van der Waals surface area contributed by atoms with Crippen LogP contribution in [0.5, 0.6) is 0 Å². The number of aliphatic hydroxyl groups is 6. The van der Waals surface area contributed by atoms with Crippen LogP contribution in [-0.4, -0.2) is 67.3 Å². The van der Waals surface area contributed by atoms with Crippen molar-refractivity contribution >= 4 is 0 Å². The summed E-state index contributed by atoms with van der Waals surface area (Å²) in [5.74, 6) is 0.0945. The van der Waals surface area contributed by atoms with Crippen LogP contribution < -0.4 is 0 Å². The van der Waals surface area contributed by atoms with Gasteiger partial charge in [0.2, 0.25) is 0 Å². The molecule has 0 bridgehead atoms. The van der Waals surface area contributed by atoms with E-state index in [0.717, 1.165) is 32.1 Å². The molecule has 0 spiro atoms. The fraction of sp³-hybridized carbons (Fsp3) is 1.00. The summed E-state index contributed by atoms with van der Waals surface area (Å²) >= 11 is 0. The van der Waals surface area contributed by atoms with E-state index in [-0.39, 0.29) is 48.0 Å². The van der Waals surface area contributed by atoms with Crippen molar-refractivity contribution in [1.82, 2.24) is 0 Å². The zero-order chi connectivity index (χ0) is 25.2. The van der Waals surface area contributed by atoms with Gasteiger partial charge in [0.15, 0.2) is 0 Å². The largest absolute Gasteiger partial charge is 0.396 e. The van der Waals surface area contributed by atoms with Gasteiger partial charge in [0.25, 0.3) is 0 Å². The normalized spacial score (nSPS) is 53.4. The second-order valence-corrected chi connectivity index (χ2v) is 13.6. The molecule has 6 nitrogen and oxygen atoms in total. The lowest BCUT2D eigenvalue weighted by atomic mass is 9.42. The number of hydrogen-bond acceptors (Lipinski definition) is 6. The third-order valence-electron chi connectivity index (χ3n) is 11.8. The van der Waals surface area contributed by atoms with Gasteiger partial charge >= 0.3 is 0 Å². The Morgan fingerprint density at radius 1 is 0.853 bits per heavy atom. The molecule has 0 aromatic rings. The highest BCUT2D eigenvalue weighted by Gasteiger charge is 2.72. The van der Waals surface area contributed by atoms with Crippen LogP contribution in [0.2, 0.25) is 0 Å². The molecule has 34 heavy (non-hydrogen) atoms. The number of fused-ring (bicyclic) bond motifs is 5. The molecule has 14 atom stereocenters. The van der Waals surface area contributed by atoms with E-state index in [2.05, 4.69) is 34.6 Å². The molecule has 4 aliphatic carbocycles. The number of rotatable bonds is 6. The summed E-state index contributed by atoms with van der Waals surface area (Å²) in [5.41, 5.74) is -1.92. The van der Waals surface area contributed by atoms with Gasteiger partial charge in [0.05, 0.1) is 30.0 Å². The Hall–Kier alpha value is -0.240. The van der Waals surface area contributed by atoms with Crippen LogP contribution >= 0.6 is 0 Å². The van der Waals surface area contributed by atoms with Gasteiger partial charge < -0.3 is 30.6 Å². The zero-order valence-electron chi connectivity index (χ0n) is 21.9. The highest BCUT2D eigenvalue weighted by Crippen LogP contribution is 2.69. The maximum atomic E-state index is 12.4. The van der Waals surface area contributed by atoms with Crippen LogP contribution in [0.4, 0.5) is 0 Å². The molecule has 0 saturated heterocycles. The van der Waals surface area contributed by atoms with E-state index in [1.165, 1.54) is 0 Å². The van der Waals surface area contributed by atoms with Crippen molar-refractivity contribution in [3.05, 3.63) is 0 Å². The highest BCUT2D eigenvalue weighted by atomic mass is 16.3. The number of hydrogen-bond donors (Lipinski definition) is 6. The molecule has 0 radical (unpaired) electrons. The monoisotopic (exact) mass is 482 g/mol. The van der Waals surface area contributed by atoms with Crippen molar-refractivity contribution in [2.45, 2.75) is 116 Å². The Morgan fingerprint density at radius 3 is 2.15 bits per heavy atom. The summed E-state index contributed by atoms with van der Waals surface area (Å²) < 4.78 is 0. The lowest BCUT2D eigenvalue weighted by molar-refractivity contribution is -0.264. The topological polar surface area (TPSA) is 121 Å². The summed E-state index contributed by atoms with van der Waals surface area (Å²) in [4.78, 5) is 0. The van der Waals surface area contributed by atoms with E-state index < -0.39 is 41.3 Å². The lowest BCUT2D eigenvalue weighted by Gasteiger charge is -2.65. The predicted molar refractivity (Wildman–Crippen MR) is 131 cm³/mol. The minimum Gasteiger partial charge on any atom is -0.396 e. The molecular weight excluding hydrogens is 432 g/mol. The Morgan fingerprint density at radius 2 is 1.50 bits per heavy atom. The molecule has 6 heteroatoms. The predicted octanol–water partition coefficient (Wildman–Crippen LogP) is 2.71. The average molecular weight is 483 g/mol. The minimum atomic E-state index is -1.23.